The van der Waals surface area contributed by atoms with Crippen LogP contribution >= 0.6 is 11.3 Å². The number of aromatic nitrogens is 2. The number of carbonyl (C=O) groups excluding carboxylic acids is 2. The van der Waals surface area contributed by atoms with E-state index in [9.17, 15) is 19.2 Å². The molecule has 146 valence electrons. The lowest BCUT2D eigenvalue weighted by Gasteiger charge is -2.13. The van der Waals surface area contributed by atoms with Crippen molar-refractivity contribution >= 4 is 39.1 Å². The van der Waals surface area contributed by atoms with Crippen molar-refractivity contribution in [2.75, 3.05) is 5.32 Å². The van der Waals surface area contributed by atoms with Crippen molar-refractivity contribution in [2.24, 2.45) is 5.73 Å². The number of hydrogen-bond donors (Lipinski definition) is 3. The van der Waals surface area contributed by atoms with E-state index in [1.54, 1.807) is 19.9 Å². The molecule has 2 heterocycles. The molecule has 28 heavy (non-hydrogen) atoms. The first-order valence-corrected chi connectivity index (χ1v) is 9.52. The summed E-state index contributed by atoms with van der Waals surface area (Å²) >= 11 is 1.02. The van der Waals surface area contributed by atoms with Gasteiger partial charge in [-0.05, 0) is 37.5 Å². The number of aryl methyl sites for hydroxylation is 2. The molecule has 0 bridgehead atoms. The Hall–Kier alpha value is -3.20. The third-order valence-corrected chi connectivity index (χ3v) is 5.85. The van der Waals surface area contributed by atoms with Gasteiger partial charge in [-0.25, -0.2) is 9.36 Å². The number of nitrogens with one attached hydrogen (secondary N) is 2. The van der Waals surface area contributed by atoms with Gasteiger partial charge in [0.2, 0.25) is 5.91 Å². The van der Waals surface area contributed by atoms with E-state index in [0.717, 1.165) is 21.5 Å². The average Bonchev–Trinajstić information content (AvgIpc) is 2.96. The third kappa shape index (κ3) is 3.24. The SMILES string of the molecule is CCC(C(N)=O)n1c(=O)[nH]c2sc(C(=O)Nc3ccccc3C)c(C)c2c1=O. The van der Waals surface area contributed by atoms with Gasteiger partial charge in [0, 0.05) is 5.69 Å². The minimum absolute atomic E-state index is 0.202. The van der Waals surface area contributed by atoms with E-state index in [-0.39, 0.29) is 22.5 Å². The Morgan fingerprint density at radius 1 is 1.25 bits per heavy atom. The molecule has 1 aromatic carbocycles. The van der Waals surface area contributed by atoms with E-state index >= 15 is 0 Å². The molecule has 0 aliphatic heterocycles. The molecule has 4 N–H and O–H groups in total. The Labute approximate surface area is 164 Å². The molecule has 0 saturated heterocycles. The van der Waals surface area contributed by atoms with Gasteiger partial charge in [0.15, 0.2) is 0 Å². The zero-order chi connectivity index (χ0) is 20.6. The Morgan fingerprint density at radius 3 is 2.54 bits per heavy atom. The Kier molecular flexibility index (Phi) is 5.19. The lowest BCUT2D eigenvalue weighted by atomic mass is 10.1. The van der Waals surface area contributed by atoms with Crippen LogP contribution in [-0.2, 0) is 4.79 Å². The van der Waals surface area contributed by atoms with E-state index in [4.69, 9.17) is 5.73 Å². The van der Waals surface area contributed by atoms with Gasteiger partial charge in [0.25, 0.3) is 11.5 Å². The van der Waals surface area contributed by atoms with E-state index in [1.165, 1.54) is 0 Å². The summed E-state index contributed by atoms with van der Waals surface area (Å²) < 4.78 is 0.827. The summed E-state index contributed by atoms with van der Waals surface area (Å²) in [6.07, 6.45) is 0.202. The number of benzene rings is 1. The van der Waals surface area contributed by atoms with Crippen molar-refractivity contribution in [2.45, 2.75) is 33.2 Å². The summed E-state index contributed by atoms with van der Waals surface area (Å²) in [5, 5.41) is 3.03. The number of H-pyrrole nitrogens is 1. The van der Waals surface area contributed by atoms with Gasteiger partial charge in [0.05, 0.1) is 10.3 Å². The molecular formula is C19H20N4O4S. The van der Waals surface area contributed by atoms with Crippen LogP contribution in [0.1, 0.15) is 40.2 Å². The number of thiophene rings is 1. The predicted molar refractivity (Wildman–Crippen MR) is 109 cm³/mol. The number of hydrogen-bond acceptors (Lipinski definition) is 5. The number of primary amides is 1. The quantitative estimate of drug-likeness (QED) is 0.606. The molecule has 0 aliphatic rings. The van der Waals surface area contributed by atoms with Gasteiger partial charge in [-0.1, -0.05) is 25.1 Å². The highest BCUT2D eigenvalue weighted by molar-refractivity contribution is 7.20. The minimum atomic E-state index is -1.05. The van der Waals surface area contributed by atoms with Crippen LogP contribution in [0.2, 0.25) is 0 Å². The first-order chi connectivity index (χ1) is 13.3. The van der Waals surface area contributed by atoms with Gasteiger partial charge < -0.3 is 11.1 Å². The summed E-state index contributed by atoms with van der Waals surface area (Å²) in [5.41, 5.74) is 5.99. The largest absolute Gasteiger partial charge is 0.368 e. The van der Waals surface area contributed by atoms with Crippen LogP contribution in [0.15, 0.2) is 33.9 Å². The summed E-state index contributed by atoms with van der Waals surface area (Å²) in [6.45, 7) is 5.17. The molecule has 9 heteroatoms. The monoisotopic (exact) mass is 400 g/mol. The van der Waals surface area contributed by atoms with Crippen molar-refractivity contribution in [1.82, 2.24) is 9.55 Å². The number of carbonyl (C=O) groups is 2. The predicted octanol–water partition coefficient (Wildman–Crippen LogP) is 2.06. The van der Waals surface area contributed by atoms with E-state index < -0.39 is 23.2 Å². The number of aromatic amines is 1. The Bertz CT molecular complexity index is 1200. The van der Waals surface area contributed by atoms with Crippen LogP contribution in [0.25, 0.3) is 10.2 Å². The lowest BCUT2D eigenvalue weighted by Crippen LogP contribution is -2.42. The molecule has 2 aromatic heterocycles. The van der Waals surface area contributed by atoms with Crippen molar-refractivity contribution in [1.29, 1.82) is 0 Å². The summed E-state index contributed by atoms with van der Waals surface area (Å²) in [7, 11) is 0. The first-order valence-electron chi connectivity index (χ1n) is 8.70. The van der Waals surface area contributed by atoms with Crippen LogP contribution in [0.4, 0.5) is 5.69 Å². The highest BCUT2D eigenvalue weighted by Crippen LogP contribution is 2.28. The molecule has 0 spiro atoms. The van der Waals surface area contributed by atoms with Gasteiger partial charge in [-0.2, -0.15) is 0 Å². The van der Waals surface area contributed by atoms with Crippen LogP contribution in [0.3, 0.4) is 0 Å². The third-order valence-electron chi connectivity index (χ3n) is 4.65. The molecule has 0 radical (unpaired) electrons. The van der Waals surface area contributed by atoms with Crippen molar-refractivity contribution in [3.8, 4) is 0 Å². The van der Waals surface area contributed by atoms with Crippen LogP contribution in [0, 0.1) is 13.8 Å². The molecule has 0 aliphatic carbocycles. The zero-order valence-electron chi connectivity index (χ0n) is 15.7. The molecule has 2 amide bonds. The topological polar surface area (TPSA) is 127 Å². The van der Waals surface area contributed by atoms with Gasteiger partial charge in [0.1, 0.15) is 10.9 Å². The minimum Gasteiger partial charge on any atom is -0.368 e. The zero-order valence-corrected chi connectivity index (χ0v) is 16.5. The molecule has 3 aromatic rings. The molecule has 1 unspecified atom stereocenters. The number of amides is 2. The van der Waals surface area contributed by atoms with E-state index in [0.29, 0.717) is 16.1 Å². The summed E-state index contributed by atoms with van der Waals surface area (Å²) in [4.78, 5) is 52.9. The highest BCUT2D eigenvalue weighted by Gasteiger charge is 2.25. The second-order valence-corrected chi connectivity index (χ2v) is 7.48. The van der Waals surface area contributed by atoms with Gasteiger partial charge >= 0.3 is 5.69 Å². The smallest absolute Gasteiger partial charge is 0.330 e. The van der Waals surface area contributed by atoms with E-state index in [2.05, 4.69) is 10.3 Å². The lowest BCUT2D eigenvalue weighted by molar-refractivity contribution is -0.121. The number of nitrogens with two attached hydrogens (primary N) is 1. The molecular weight excluding hydrogens is 380 g/mol. The number of rotatable bonds is 5. The maximum absolute atomic E-state index is 12.9. The second-order valence-electron chi connectivity index (χ2n) is 6.46. The second kappa shape index (κ2) is 7.43. The maximum Gasteiger partial charge on any atom is 0.330 e. The summed E-state index contributed by atoms with van der Waals surface area (Å²) in [5.74, 6) is -1.14. The van der Waals surface area contributed by atoms with Crippen LogP contribution in [0.5, 0.6) is 0 Å². The fourth-order valence-electron chi connectivity index (χ4n) is 3.13. The maximum atomic E-state index is 12.9. The molecule has 3 rings (SSSR count). The van der Waals surface area contributed by atoms with E-state index in [1.807, 2.05) is 25.1 Å². The van der Waals surface area contributed by atoms with Crippen LogP contribution < -0.4 is 22.3 Å². The average molecular weight is 400 g/mol. The van der Waals surface area contributed by atoms with Crippen molar-refractivity contribution in [3.63, 3.8) is 0 Å². The number of anilines is 1. The fourth-order valence-corrected chi connectivity index (χ4v) is 4.22. The highest BCUT2D eigenvalue weighted by atomic mass is 32.1. The summed E-state index contributed by atoms with van der Waals surface area (Å²) in [6, 6.07) is 6.28. The first kappa shape index (κ1) is 19.6. The Morgan fingerprint density at radius 2 is 1.93 bits per heavy atom. The number of para-hydroxylation sites is 1. The van der Waals surface area contributed by atoms with Gasteiger partial charge in [-0.3, -0.25) is 19.4 Å². The molecule has 8 nitrogen and oxygen atoms in total. The Balaban J connectivity index is 2.14. The fraction of sp³-hybridized carbons (Fsp3) is 0.263. The van der Waals surface area contributed by atoms with Crippen LogP contribution in [-0.4, -0.2) is 21.4 Å². The standard InChI is InChI=1S/C19H20N4O4S/c1-4-12(15(20)24)23-18(26)13-10(3)14(28-17(13)22-19(23)27)16(25)21-11-8-6-5-7-9(11)2/h5-8,12H,4H2,1-3H3,(H2,20,24)(H,21,25)(H,22,27). The molecule has 0 fully saturated rings. The normalized spacial score (nSPS) is 12.1. The van der Waals surface area contributed by atoms with Gasteiger partial charge in [-0.15, -0.1) is 11.3 Å². The van der Waals surface area contributed by atoms with Crippen molar-refractivity contribution < 1.29 is 9.59 Å². The molecule has 1 atom stereocenters. The number of fused-ring (bicyclic) bond motifs is 1. The molecule has 0 saturated carbocycles. The van der Waals surface area contributed by atoms with Crippen molar-refractivity contribution in [3.05, 3.63) is 61.1 Å². The number of nitrogens with zero attached hydrogens (tertiary/aromatic N) is 1.